The number of hydrogen-bond donors (Lipinski definition) is 0. The number of ketones is 1. The number of alkyl halides is 3. The molecule has 0 fully saturated rings. The number of allylic oxidation sites excluding steroid dienone is 1. The summed E-state index contributed by atoms with van der Waals surface area (Å²) in [5.74, 6) is 0.429. The Labute approximate surface area is 177 Å². The van der Waals surface area contributed by atoms with E-state index >= 15 is 0 Å². The maximum Gasteiger partial charge on any atom is 0.416 e. The van der Waals surface area contributed by atoms with Crippen LogP contribution in [0.4, 0.5) is 13.2 Å². The van der Waals surface area contributed by atoms with E-state index < -0.39 is 11.7 Å². The van der Waals surface area contributed by atoms with Gasteiger partial charge in [0.1, 0.15) is 23.8 Å². The fraction of sp³-hybridized carbons (Fsp3) is 0.217. The van der Waals surface area contributed by atoms with Gasteiger partial charge in [-0.2, -0.15) is 18.3 Å². The maximum atomic E-state index is 12.9. The van der Waals surface area contributed by atoms with Crippen LogP contribution in [-0.2, 0) is 19.8 Å². The van der Waals surface area contributed by atoms with Crippen LogP contribution < -0.4 is 9.47 Å². The van der Waals surface area contributed by atoms with Gasteiger partial charge >= 0.3 is 6.18 Å². The number of methoxy groups -OCH3 is 1. The van der Waals surface area contributed by atoms with E-state index in [1.165, 1.54) is 30.0 Å². The molecule has 8 heteroatoms. The second-order valence-corrected chi connectivity index (χ2v) is 6.88. The number of ether oxygens (including phenoxy) is 2. The van der Waals surface area contributed by atoms with Crippen LogP contribution in [-0.4, -0.2) is 22.7 Å². The minimum absolute atomic E-state index is 0.00103. The predicted molar refractivity (Wildman–Crippen MR) is 110 cm³/mol. The first-order valence-electron chi connectivity index (χ1n) is 9.37. The molecule has 1 heterocycles. The molecule has 162 valence electrons. The Morgan fingerprint density at radius 1 is 1.16 bits per heavy atom. The highest BCUT2D eigenvalue weighted by Gasteiger charge is 2.30. The molecule has 0 atom stereocenters. The average Bonchev–Trinajstić information content (AvgIpc) is 3.08. The van der Waals surface area contributed by atoms with Crippen LogP contribution in [0.15, 0.2) is 54.6 Å². The lowest BCUT2D eigenvalue weighted by Crippen LogP contribution is -2.05. The number of rotatable bonds is 7. The van der Waals surface area contributed by atoms with Crippen LogP contribution >= 0.6 is 0 Å². The van der Waals surface area contributed by atoms with Crippen LogP contribution in [0.25, 0.3) is 6.08 Å². The fourth-order valence-corrected chi connectivity index (χ4v) is 3.04. The van der Waals surface area contributed by atoms with Crippen molar-refractivity contribution in [2.24, 2.45) is 7.05 Å². The molecule has 0 aliphatic rings. The molecule has 31 heavy (non-hydrogen) atoms. The first-order chi connectivity index (χ1) is 14.7. The van der Waals surface area contributed by atoms with Crippen molar-refractivity contribution in [2.45, 2.75) is 19.7 Å². The zero-order valence-electron chi connectivity index (χ0n) is 17.2. The molecule has 0 radical (unpaired) electrons. The van der Waals surface area contributed by atoms with E-state index in [1.807, 2.05) is 0 Å². The van der Waals surface area contributed by atoms with Gasteiger partial charge in [-0.15, -0.1) is 0 Å². The molecule has 2 aromatic carbocycles. The first kappa shape index (κ1) is 22.1. The highest BCUT2D eigenvalue weighted by Crippen LogP contribution is 2.32. The fourth-order valence-electron chi connectivity index (χ4n) is 3.04. The summed E-state index contributed by atoms with van der Waals surface area (Å²) >= 11 is 0. The van der Waals surface area contributed by atoms with Crippen molar-refractivity contribution < 1.29 is 27.4 Å². The molecule has 1 aromatic heterocycles. The van der Waals surface area contributed by atoms with Crippen molar-refractivity contribution in [3.63, 3.8) is 0 Å². The molecule has 0 saturated heterocycles. The third-order valence-corrected chi connectivity index (χ3v) is 4.54. The van der Waals surface area contributed by atoms with Crippen LogP contribution in [0.5, 0.6) is 11.5 Å². The minimum atomic E-state index is -4.44. The van der Waals surface area contributed by atoms with Gasteiger partial charge in [-0.25, -0.2) is 0 Å². The Hall–Kier alpha value is -3.55. The van der Waals surface area contributed by atoms with Crippen molar-refractivity contribution in [2.75, 3.05) is 7.11 Å². The van der Waals surface area contributed by atoms with Crippen molar-refractivity contribution >= 4 is 11.9 Å². The van der Waals surface area contributed by atoms with Gasteiger partial charge in [-0.05, 0) is 55.0 Å². The molecule has 0 bridgehead atoms. The summed E-state index contributed by atoms with van der Waals surface area (Å²) in [5.41, 5.74) is 1.78. The standard InChI is InChI=1S/C23H21F3N2O3/c1-15-11-20(28(2)27-15)21(29)9-7-16-8-10-22(30-3)17(12-16)14-31-19-6-4-5-18(13-19)23(24,25)26/h4-13H,14H2,1-3H3/b9-7+. The molecule has 0 aliphatic carbocycles. The number of aryl methyl sites for hydroxylation is 2. The van der Waals surface area contributed by atoms with Gasteiger partial charge in [0.05, 0.1) is 18.4 Å². The number of carbonyl (C=O) groups excluding carboxylic acids is 1. The third kappa shape index (κ3) is 5.53. The Morgan fingerprint density at radius 3 is 2.58 bits per heavy atom. The Balaban J connectivity index is 1.76. The number of hydrogen-bond acceptors (Lipinski definition) is 4. The minimum Gasteiger partial charge on any atom is -0.496 e. The lowest BCUT2D eigenvalue weighted by atomic mass is 10.1. The molecule has 0 spiro atoms. The summed E-state index contributed by atoms with van der Waals surface area (Å²) in [5, 5.41) is 4.16. The molecule has 0 unspecified atom stereocenters. The quantitative estimate of drug-likeness (QED) is 0.380. The van der Waals surface area contributed by atoms with E-state index in [2.05, 4.69) is 5.10 Å². The summed E-state index contributed by atoms with van der Waals surface area (Å²) in [7, 11) is 3.19. The van der Waals surface area contributed by atoms with Gasteiger partial charge < -0.3 is 9.47 Å². The second kappa shape index (κ2) is 9.07. The predicted octanol–water partition coefficient (Wildman–Crippen LogP) is 5.23. The largest absolute Gasteiger partial charge is 0.496 e. The molecule has 0 amide bonds. The molecule has 5 nitrogen and oxygen atoms in total. The van der Waals surface area contributed by atoms with Gasteiger partial charge in [-0.1, -0.05) is 18.2 Å². The number of carbonyl (C=O) groups is 1. The van der Waals surface area contributed by atoms with Crippen molar-refractivity contribution in [3.05, 3.63) is 82.7 Å². The van der Waals surface area contributed by atoms with E-state index in [9.17, 15) is 18.0 Å². The van der Waals surface area contributed by atoms with E-state index in [4.69, 9.17) is 9.47 Å². The lowest BCUT2D eigenvalue weighted by Gasteiger charge is -2.13. The molecule has 0 aliphatic heterocycles. The van der Waals surface area contributed by atoms with Gasteiger partial charge in [0, 0.05) is 12.6 Å². The van der Waals surface area contributed by atoms with Crippen LogP contribution in [0.2, 0.25) is 0 Å². The zero-order valence-corrected chi connectivity index (χ0v) is 17.2. The monoisotopic (exact) mass is 430 g/mol. The smallest absolute Gasteiger partial charge is 0.416 e. The van der Waals surface area contributed by atoms with Crippen molar-refractivity contribution in [3.8, 4) is 11.5 Å². The molecular weight excluding hydrogens is 409 g/mol. The van der Waals surface area contributed by atoms with Crippen molar-refractivity contribution in [1.29, 1.82) is 0 Å². The molecule has 3 rings (SSSR count). The summed E-state index contributed by atoms with van der Waals surface area (Å²) in [6.45, 7) is 1.81. The van der Waals surface area contributed by atoms with E-state index in [0.29, 0.717) is 17.0 Å². The highest BCUT2D eigenvalue weighted by atomic mass is 19.4. The Kier molecular flexibility index (Phi) is 6.48. The number of nitrogens with zero attached hydrogens (tertiary/aromatic N) is 2. The van der Waals surface area contributed by atoms with Crippen LogP contribution in [0.1, 0.15) is 32.9 Å². The molecule has 3 aromatic rings. The van der Waals surface area contributed by atoms with E-state index in [-0.39, 0.29) is 18.1 Å². The van der Waals surface area contributed by atoms with Gasteiger partial charge in [-0.3, -0.25) is 9.48 Å². The number of halogens is 3. The van der Waals surface area contributed by atoms with Gasteiger partial charge in [0.15, 0.2) is 0 Å². The Bertz CT molecular complexity index is 1120. The maximum absolute atomic E-state index is 12.9. The van der Waals surface area contributed by atoms with Crippen LogP contribution in [0, 0.1) is 6.92 Å². The molecule has 0 saturated carbocycles. The topological polar surface area (TPSA) is 53.3 Å². The number of aromatic nitrogens is 2. The van der Waals surface area contributed by atoms with Crippen molar-refractivity contribution in [1.82, 2.24) is 9.78 Å². The van der Waals surface area contributed by atoms with Crippen LogP contribution in [0.3, 0.4) is 0 Å². The first-order valence-corrected chi connectivity index (χ1v) is 9.37. The molecular formula is C23H21F3N2O3. The summed E-state index contributed by atoms with van der Waals surface area (Å²) < 4.78 is 51.0. The second-order valence-electron chi connectivity index (χ2n) is 6.88. The lowest BCUT2D eigenvalue weighted by molar-refractivity contribution is -0.137. The summed E-state index contributed by atoms with van der Waals surface area (Å²) in [6, 6.07) is 11.6. The third-order valence-electron chi connectivity index (χ3n) is 4.54. The molecule has 0 N–H and O–H groups in total. The van der Waals surface area contributed by atoms with E-state index in [1.54, 1.807) is 44.3 Å². The number of benzene rings is 2. The average molecular weight is 430 g/mol. The highest BCUT2D eigenvalue weighted by molar-refractivity contribution is 6.05. The summed E-state index contributed by atoms with van der Waals surface area (Å²) in [6.07, 6.45) is -1.35. The van der Waals surface area contributed by atoms with Gasteiger partial charge in [0.25, 0.3) is 0 Å². The SMILES string of the molecule is COc1ccc(/C=C/C(=O)c2cc(C)nn2C)cc1COc1cccc(C(F)(F)F)c1. The normalized spacial score (nSPS) is 11.7. The van der Waals surface area contributed by atoms with Gasteiger partial charge in [0.2, 0.25) is 5.78 Å². The van der Waals surface area contributed by atoms with E-state index in [0.717, 1.165) is 23.4 Å². The zero-order chi connectivity index (χ0) is 22.6. The summed E-state index contributed by atoms with van der Waals surface area (Å²) in [4.78, 5) is 12.4. The Morgan fingerprint density at radius 2 is 1.94 bits per heavy atom.